The van der Waals surface area contributed by atoms with Crippen LogP contribution >= 0.6 is 0 Å². The van der Waals surface area contributed by atoms with Gasteiger partial charge in [-0.25, -0.2) is 0 Å². The van der Waals surface area contributed by atoms with Crippen LogP contribution in [0.1, 0.15) is 10.5 Å². The molecule has 0 saturated heterocycles. The second-order valence-corrected chi connectivity index (χ2v) is 2.00. The van der Waals surface area contributed by atoms with Crippen LogP contribution in [0.3, 0.4) is 0 Å². The Morgan fingerprint density at radius 2 is 1.75 bits per heavy atom. The Balaban J connectivity index is 3.54. The van der Waals surface area contributed by atoms with E-state index in [9.17, 15) is 14.4 Å². The maximum Gasteiger partial charge on any atom is 0.316 e. The number of aromatic hydroxyl groups is 1. The number of hydrogen-bond donors (Lipinski definition) is 4. The minimum Gasteiger partial charge on any atom is -0.493 e. The van der Waals surface area contributed by atoms with E-state index in [4.69, 9.17) is 10.8 Å². The summed E-state index contributed by atoms with van der Waals surface area (Å²) in [6, 6.07) is 0. The van der Waals surface area contributed by atoms with Crippen molar-refractivity contribution in [3.8, 4) is 5.88 Å². The van der Waals surface area contributed by atoms with E-state index in [1.54, 1.807) is 4.98 Å². The van der Waals surface area contributed by atoms with E-state index in [1.807, 2.05) is 4.98 Å². The van der Waals surface area contributed by atoms with Gasteiger partial charge >= 0.3 is 11.1 Å². The van der Waals surface area contributed by atoms with E-state index >= 15 is 0 Å². The molecule has 0 aromatic carbocycles. The lowest BCUT2D eigenvalue weighted by molar-refractivity contribution is 0.0991. The molecule has 0 aliphatic rings. The van der Waals surface area contributed by atoms with Crippen LogP contribution in [0.2, 0.25) is 0 Å². The van der Waals surface area contributed by atoms with Gasteiger partial charge in [0.15, 0.2) is 5.69 Å². The minimum atomic E-state index is -1.04. The molecule has 1 aromatic heterocycles. The van der Waals surface area contributed by atoms with E-state index in [2.05, 4.69) is 0 Å². The fourth-order valence-electron chi connectivity index (χ4n) is 0.635. The van der Waals surface area contributed by atoms with Gasteiger partial charge in [0.1, 0.15) is 0 Å². The zero-order chi connectivity index (χ0) is 9.30. The summed E-state index contributed by atoms with van der Waals surface area (Å²) in [5.41, 5.74) is 2.14. The molecule has 1 rings (SSSR count). The molecule has 1 heterocycles. The predicted octanol–water partition coefficient (Wildman–Crippen LogP) is -2.13. The highest BCUT2D eigenvalue weighted by molar-refractivity contribution is 5.92. The number of aromatic nitrogens is 2. The van der Waals surface area contributed by atoms with Gasteiger partial charge in [0.25, 0.3) is 5.91 Å². The first-order chi connectivity index (χ1) is 5.52. The van der Waals surface area contributed by atoms with E-state index in [-0.39, 0.29) is 0 Å². The maximum atomic E-state index is 10.6. The molecule has 7 nitrogen and oxygen atoms in total. The first-order valence-corrected chi connectivity index (χ1v) is 2.87. The predicted molar refractivity (Wildman–Crippen MR) is 37.9 cm³/mol. The summed E-state index contributed by atoms with van der Waals surface area (Å²) in [5.74, 6) is -1.77. The van der Waals surface area contributed by atoms with Crippen molar-refractivity contribution in [2.75, 3.05) is 0 Å². The highest BCUT2D eigenvalue weighted by Gasteiger charge is 2.10. The highest BCUT2D eigenvalue weighted by Crippen LogP contribution is 2.02. The Morgan fingerprint density at radius 1 is 1.25 bits per heavy atom. The number of aromatic amines is 2. The van der Waals surface area contributed by atoms with Crippen LogP contribution in [0, 0.1) is 0 Å². The van der Waals surface area contributed by atoms with Crippen LogP contribution in [0.25, 0.3) is 0 Å². The average Bonchev–Trinajstić information content (AvgIpc) is 1.96. The topological polar surface area (TPSA) is 129 Å². The molecule has 0 spiro atoms. The first kappa shape index (κ1) is 8.05. The molecule has 12 heavy (non-hydrogen) atoms. The zero-order valence-corrected chi connectivity index (χ0v) is 5.75. The number of carbonyl (C=O) groups excluding carboxylic acids is 1. The lowest BCUT2D eigenvalue weighted by Gasteiger charge is -1.96. The van der Waals surface area contributed by atoms with Crippen molar-refractivity contribution in [1.82, 2.24) is 9.97 Å². The third-order valence-corrected chi connectivity index (χ3v) is 1.16. The molecule has 0 unspecified atom stereocenters. The largest absolute Gasteiger partial charge is 0.493 e. The molecule has 0 saturated carbocycles. The number of primary amides is 1. The minimum absolute atomic E-state index is 0.514. The van der Waals surface area contributed by atoms with Crippen molar-refractivity contribution in [3.05, 3.63) is 26.4 Å². The summed E-state index contributed by atoms with van der Waals surface area (Å²) in [7, 11) is 0. The Bertz CT molecular complexity index is 429. The Hall–Kier alpha value is -2.05. The molecule has 0 aliphatic heterocycles. The smallest absolute Gasteiger partial charge is 0.316 e. The highest BCUT2D eigenvalue weighted by atomic mass is 16.3. The van der Waals surface area contributed by atoms with Crippen LogP contribution in [-0.4, -0.2) is 21.0 Å². The third kappa shape index (κ3) is 1.19. The second kappa shape index (κ2) is 2.53. The zero-order valence-electron chi connectivity index (χ0n) is 5.75. The van der Waals surface area contributed by atoms with Gasteiger partial charge in [-0.05, 0) is 0 Å². The molecule has 0 radical (unpaired) electrons. The number of H-pyrrole nitrogens is 2. The number of nitrogens with two attached hydrogens (primary N) is 1. The summed E-state index contributed by atoms with van der Waals surface area (Å²) in [6.45, 7) is 0. The molecular formula is C5H5N3O4. The molecule has 0 atom stereocenters. The summed E-state index contributed by atoms with van der Waals surface area (Å²) in [6.07, 6.45) is 0. The fourth-order valence-corrected chi connectivity index (χ4v) is 0.635. The fraction of sp³-hybridized carbons (Fsp3) is 0. The lowest BCUT2D eigenvalue weighted by atomic mass is 10.4. The van der Waals surface area contributed by atoms with Crippen LogP contribution in [-0.2, 0) is 0 Å². The van der Waals surface area contributed by atoms with Crippen molar-refractivity contribution >= 4 is 5.91 Å². The Labute approximate surface area is 64.9 Å². The van der Waals surface area contributed by atoms with Crippen molar-refractivity contribution in [2.24, 2.45) is 5.73 Å². The van der Waals surface area contributed by atoms with Crippen molar-refractivity contribution in [2.45, 2.75) is 0 Å². The summed E-state index contributed by atoms with van der Waals surface area (Å²) in [5, 5.41) is 8.86. The number of carbonyl (C=O) groups is 1. The molecule has 64 valence electrons. The summed E-state index contributed by atoms with van der Waals surface area (Å²) in [4.78, 5) is 35.1. The molecule has 7 heteroatoms. The number of amides is 1. The Morgan fingerprint density at radius 3 is 2.25 bits per heavy atom. The monoisotopic (exact) mass is 171 g/mol. The van der Waals surface area contributed by atoms with Crippen molar-refractivity contribution in [3.63, 3.8) is 0 Å². The summed E-state index contributed by atoms with van der Waals surface area (Å²) < 4.78 is 0. The van der Waals surface area contributed by atoms with Gasteiger partial charge in [0.05, 0.1) is 0 Å². The molecule has 0 bridgehead atoms. The summed E-state index contributed by atoms with van der Waals surface area (Å²) >= 11 is 0. The molecule has 5 N–H and O–H groups in total. The molecular weight excluding hydrogens is 166 g/mol. The standard InChI is InChI=1S/C5H5N3O4/c6-2(9)1-3(10)8-5(12)4(11)7-1/h(H2,6,9)(H,7,11)(H2,8,10,12). The number of nitrogens with one attached hydrogen (secondary N) is 2. The lowest BCUT2D eigenvalue weighted by Crippen LogP contribution is -2.32. The third-order valence-electron chi connectivity index (χ3n) is 1.16. The van der Waals surface area contributed by atoms with Crippen LogP contribution in [0.5, 0.6) is 5.88 Å². The van der Waals surface area contributed by atoms with Gasteiger partial charge in [0.2, 0.25) is 5.88 Å². The van der Waals surface area contributed by atoms with Crippen molar-refractivity contribution < 1.29 is 9.90 Å². The normalized spacial score (nSPS) is 9.67. The van der Waals surface area contributed by atoms with Gasteiger partial charge < -0.3 is 15.8 Å². The van der Waals surface area contributed by atoms with Gasteiger partial charge in [-0.15, -0.1) is 0 Å². The molecule has 0 fully saturated rings. The van der Waals surface area contributed by atoms with Crippen LogP contribution in [0.4, 0.5) is 0 Å². The maximum absolute atomic E-state index is 10.6. The van der Waals surface area contributed by atoms with E-state index < -0.39 is 28.6 Å². The first-order valence-electron chi connectivity index (χ1n) is 2.87. The Kier molecular flexibility index (Phi) is 1.70. The SMILES string of the molecule is NC(=O)c1[nH]c(=O)c(=O)[nH]c1O. The second-order valence-electron chi connectivity index (χ2n) is 2.00. The van der Waals surface area contributed by atoms with E-state index in [1.165, 1.54) is 0 Å². The van der Waals surface area contributed by atoms with Gasteiger partial charge in [-0.3, -0.25) is 19.4 Å². The van der Waals surface area contributed by atoms with Crippen LogP contribution in [0.15, 0.2) is 9.59 Å². The number of rotatable bonds is 1. The van der Waals surface area contributed by atoms with Gasteiger partial charge in [-0.2, -0.15) is 0 Å². The van der Waals surface area contributed by atoms with Gasteiger partial charge in [0, 0.05) is 0 Å². The quantitative estimate of drug-likeness (QED) is 0.359. The molecule has 1 aromatic rings. The van der Waals surface area contributed by atoms with Gasteiger partial charge in [-0.1, -0.05) is 0 Å². The van der Waals surface area contributed by atoms with E-state index in [0.29, 0.717) is 0 Å². The van der Waals surface area contributed by atoms with Crippen LogP contribution < -0.4 is 16.9 Å². The number of hydrogen-bond acceptors (Lipinski definition) is 4. The average molecular weight is 171 g/mol. The van der Waals surface area contributed by atoms with E-state index in [0.717, 1.165) is 0 Å². The molecule has 0 aliphatic carbocycles. The van der Waals surface area contributed by atoms with Crippen molar-refractivity contribution in [1.29, 1.82) is 0 Å². The molecule has 1 amide bonds.